The first-order chi connectivity index (χ1) is 13.3. The highest BCUT2D eigenvalue weighted by Crippen LogP contribution is 2.27. The third kappa shape index (κ3) is 3.93. The van der Waals surface area contributed by atoms with Crippen LogP contribution in [0.4, 0.5) is 0 Å². The van der Waals surface area contributed by atoms with Crippen LogP contribution in [0.2, 0.25) is 0 Å². The average Bonchev–Trinajstić information content (AvgIpc) is 3.15. The number of benzene rings is 2. The van der Waals surface area contributed by atoms with Gasteiger partial charge in [0.25, 0.3) is 5.91 Å². The van der Waals surface area contributed by atoms with Gasteiger partial charge in [-0.25, -0.2) is 8.42 Å². The quantitative estimate of drug-likeness (QED) is 0.649. The average molecular weight is 396 g/mol. The zero-order valence-electron chi connectivity index (χ0n) is 15.5. The molecule has 1 aromatic heterocycles. The number of terminal acetylenes is 1. The van der Waals surface area contributed by atoms with Crippen molar-refractivity contribution in [1.82, 2.24) is 9.62 Å². The maximum atomic E-state index is 12.9. The van der Waals surface area contributed by atoms with Gasteiger partial charge < -0.3 is 9.32 Å². The Bertz CT molecular complexity index is 1130. The van der Waals surface area contributed by atoms with Crippen molar-refractivity contribution >= 4 is 26.9 Å². The van der Waals surface area contributed by atoms with E-state index in [-0.39, 0.29) is 29.0 Å². The number of hydrogen-bond donors (Lipinski definition) is 1. The SMILES string of the molecule is C#CCNS(=O)(=O)c1cccc(C(=O)N(C)C(C)c2cc3ccccc3o2)c1. The van der Waals surface area contributed by atoms with E-state index in [1.54, 1.807) is 13.1 Å². The van der Waals surface area contributed by atoms with E-state index in [4.69, 9.17) is 10.8 Å². The Kier molecular flexibility index (Phi) is 5.54. The molecule has 0 aliphatic rings. The number of hydrogen-bond acceptors (Lipinski definition) is 4. The van der Waals surface area contributed by atoms with E-state index in [2.05, 4.69) is 10.6 Å². The summed E-state index contributed by atoms with van der Waals surface area (Å²) in [6, 6.07) is 15.0. The number of sulfonamides is 1. The minimum atomic E-state index is -3.78. The van der Waals surface area contributed by atoms with Crippen molar-refractivity contribution in [2.75, 3.05) is 13.6 Å². The number of nitrogens with one attached hydrogen (secondary N) is 1. The van der Waals surface area contributed by atoms with Gasteiger partial charge in [0.15, 0.2) is 0 Å². The Morgan fingerprint density at radius 3 is 2.68 bits per heavy atom. The van der Waals surface area contributed by atoms with Crippen LogP contribution in [-0.4, -0.2) is 32.8 Å². The molecule has 3 aromatic rings. The summed E-state index contributed by atoms with van der Waals surface area (Å²) in [7, 11) is -2.12. The summed E-state index contributed by atoms with van der Waals surface area (Å²) in [6.07, 6.45) is 5.10. The largest absolute Gasteiger partial charge is 0.459 e. The molecule has 0 aliphatic carbocycles. The predicted molar refractivity (Wildman–Crippen MR) is 107 cm³/mol. The molecular formula is C21H20N2O4S. The summed E-state index contributed by atoms with van der Waals surface area (Å²) in [5.74, 6) is 2.55. The summed E-state index contributed by atoms with van der Waals surface area (Å²) >= 11 is 0. The van der Waals surface area contributed by atoms with Crippen molar-refractivity contribution in [3.05, 3.63) is 65.9 Å². The number of rotatable bonds is 6. The standard InChI is InChI=1S/C21H20N2O4S/c1-4-12-22-28(25,26)18-10-7-9-17(13-18)21(24)23(3)15(2)20-14-16-8-5-6-11-19(16)27-20/h1,5-11,13-15,22H,12H2,2-3H3. The molecule has 1 amide bonds. The van der Waals surface area contributed by atoms with E-state index in [1.807, 2.05) is 37.3 Å². The summed E-state index contributed by atoms with van der Waals surface area (Å²) in [5.41, 5.74) is 1.01. The summed E-state index contributed by atoms with van der Waals surface area (Å²) in [6.45, 7) is 1.73. The van der Waals surface area contributed by atoms with E-state index in [0.29, 0.717) is 5.76 Å². The molecule has 0 bridgehead atoms. The van der Waals surface area contributed by atoms with Gasteiger partial charge in [-0.3, -0.25) is 4.79 Å². The molecule has 0 aliphatic heterocycles. The van der Waals surface area contributed by atoms with Gasteiger partial charge in [0, 0.05) is 18.0 Å². The van der Waals surface area contributed by atoms with E-state index >= 15 is 0 Å². The monoisotopic (exact) mass is 396 g/mol. The molecule has 0 radical (unpaired) electrons. The van der Waals surface area contributed by atoms with Crippen LogP contribution in [-0.2, 0) is 10.0 Å². The Labute approximate surface area is 164 Å². The highest BCUT2D eigenvalue weighted by molar-refractivity contribution is 7.89. The molecule has 6 nitrogen and oxygen atoms in total. The fraction of sp³-hybridized carbons (Fsp3) is 0.190. The molecule has 7 heteroatoms. The van der Waals surface area contributed by atoms with Crippen molar-refractivity contribution in [3.63, 3.8) is 0 Å². The first kappa shape index (κ1) is 19.7. The minimum absolute atomic E-state index is 0.0154. The van der Waals surface area contributed by atoms with E-state index in [0.717, 1.165) is 11.0 Å². The molecule has 0 saturated heterocycles. The van der Waals surface area contributed by atoms with Crippen molar-refractivity contribution in [1.29, 1.82) is 0 Å². The lowest BCUT2D eigenvalue weighted by molar-refractivity contribution is 0.0727. The van der Waals surface area contributed by atoms with Crippen LogP contribution in [0.3, 0.4) is 0 Å². The zero-order valence-corrected chi connectivity index (χ0v) is 16.4. The van der Waals surface area contributed by atoms with Crippen molar-refractivity contribution in [2.45, 2.75) is 17.9 Å². The Balaban J connectivity index is 1.85. The normalized spacial score (nSPS) is 12.5. The third-order valence-electron chi connectivity index (χ3n) is 4.51. The van der Waals surface area contributed by atoms with Crippen LogP contribution in [0, 0.1) is 12.3 Å². The van der Waals surface area contributed by atoms with Crippen molar-refractivity contribution < 1.29 is 17.6 Å². The maximum Gasteiger partial charge on any atom is 0.254 e. The maximum absolute atomic E-state index is 12.9. The van der Waals surface area contributed by atoms with Crippen LogP contribution < -0.4 is 4.72 Å². The second kappa shape index (κ2) is 7.89. The van der Waals surface area contributed by atoms with Crippen LogP contribution in [0.15, 0.2) is 63.9 Å². The number of carbonyl (C=O) groups excluding carboxylic acids is 1. The predicted octanol–water partition coefficient (Wildman–Crippen LogP) is 3.18. The van der Waals surface area contributed by atoms with Gasteiger partial charge in [-0.1, -0.05) is 30.2 Å². The van der Waals surface area contributed by atoms with Gasteiger partial charge in [-0.05, 0) is 37.3 Å². The van der Waals surface area contributed by atoms with Crippen LogP contribution in [0.1, 0.15) is 29.1 Å². The van der Waals surface area contributed by atoms with Crippen molar-refractivity contribution in [2.24, 2.45) is 0 Å². The number of furan rings is 1. The van der Waals surface area contributed by atoms with Gasteiger partial charge >= 0.3 is 0 Å². The van der Waals surface area contributed by atoms with Gasteiger partial charge in [-0.2, -0.15) is 4.72 Å². The molecule has 1 unspecified atom stereocenters. The Hall–Kier alpha value is -3.08. The number of carbonyl (C=O) groups is 1. The zero-order chi connectivity index (χ0) is 20.3. The molecule has 144 valence electrons. The van der Waals surface area contributed by atoms with E-state index in [9.17, 15) is 13.2 Å². The number of para-hydroxylation sites is 1. The smallest absolute Gasteiger partial charge is 0.254 e. The lowest BCUT2D eigenvalue weighted by Gasteiger charge is -2.23. The van der Waals surface area contributed by atoms with Gasteiger partial charge in [0.05, 0.1) is 17.5 Å². The number of amides is 1. The second-order valence-corrected chi connectivity index (χ2v) is 8.10. The third-order valence-corrected chi connectivity index (χ3v) is 5.91. The molecule has 1 heterocycles. The molecular weight excluding hydrogens is 376 g/mol. The van der Waals surface area contributed by atoms with E-state index < -0.39 is 10.0 Å². The Morgan fingerprint density at radius 2 is 1.96 bits per heavy atom. The lowest BCUT2D eigenvalue weighted by atomic mass is 10.1. The van der Waals surface area contributed by atoms with Gasteiger partial charge in [-0.15, -0.1) is 6.42 Å². The molecule has 0 saturated carbocycles. The first-order valence-electron chi connectivity index (χ1n) is 8.62. The van der Waals surface area contributed by atoms with Gasteiger partial charge in [0.1, 0.15) is 11.3 Å². The molecule has 3 rings (SSSR count). The molecule has 1 N–H and O–H groups in total. The lowest BCUT2D eigenvalue weighted by Crippen LogP contribution is -2.30. The summed E-state index contributed by atoms with van der Waals surface area (Å²) < 4.78 is 32.6. The van der Waals surface area contributed by atoms with Crippen LogP contribution >= 0.6 is 0 Å². The summed E-state index contributed by atoms with van der Waals surface area (Å²) in [4.78, 5) is 14.4. The van der Waals surface area contributed by atoms with Gasteiger partial charge in [0.2, 0.25) is 10.0 Å². The fourth-order valence-electron chi connectivity index (χ4n) is 2.79. The van der Waals surface area contributed by atoms with E-state index in [1.165, 1.54) is 23.1 Å². The minimum Gasteiger partial charge on any atom is -0.459 e. The highest BCUT2D eigenvalue weighted by atomic mass is 32.2. The molecule has 0 fully saturated rings. The fourth-order valence-corrected chi connectivity index (χ4v) is 3.77. The summed E-state index contributed by atoms with van der Waals surface area (Å²) in [5, 5.41) is 0.956. The highest BCUT2D eigenvalue weighted by Gasteiger charge is 2.23. The molecule has 1 atom stereocenters. The molecule has 0 spiro atoms. The number of fused-ring (bicyclic) bond motifs is 1. The van der Waals surface area contributed by atoms with Crippen molar-refractivity contribution in [3.8, 4) is 12.3 Å². The topological polar surface area (TPSA) is 79.6 Å². The second-order valence-electron chi connectivity index (χ2n) is 6.34. The first-order valence-corrected chi connectivity index (χ1v) is 10.1. The molecule has 2 aromatic carbocycles. The van der Waals surface area contributed by atoms with Crippen LogP contribution in [0.25, 0.3) is 11.0 Å². The molecule has 28 heavy (non-hydrogen) atoms. The van der Waals surface area contributed by atoms with Crippen LogP contribution in [0.5, 0.6) is 0 Å². The number of nitrogens with zero attached hydrogens (tertiary/aromatic N) is 1. The Morgan fingerprint density at radius 1 is 1.21 bits per heavy atom.